The van der Waals surface area contributed by atoms with E-state index in [-0.39, 0.29) is 15.8 Å². The molecule has 0 saturated heterocycles. The highest BCUT2D eigenvalue weighted by molar-refractivity contribution is 7.61. The molecule has 0 radical (unpaired) electrons. The zero-order chi connectivity index (χ0) is 33.2. The van der Waals surface area contributed by atoms with E-state index in [1.165, 1.54) is 0 Å². The summed E-state index contributed by atoms with van der Waals surface area (Å²) in [7, 11) is 0.363. The first kappa shape index (κ1) is 32.9. The summed E-state index contributed by atoms with van der Waals surface area (Å²) in [6.45, 7) is 0. The molecule has 17 aliphatic carbocycles. The average molecular weight is 727 g/mol. The van der Waals surface area contributed by atoms with Gasteiger partial charge in [-0.1, -0.05) is 35.1 Å². The maximum Gasteiger partial charge on any atom is -0.00814 e. The van der Waals surface area contributed by atoms with Gasteiger partial charge in [-0.2, -0.15) is 0 Å². The summed E-state index contributed by atoms with van der Waals surface area (Å²) in [6.07, 6.45) is 52.4. The van der Waals surface area contributed by atoms with E-state index in [9.17, 15) is 0 Å². The number of hydrogen-bond donors (Lipinski definition) is 0. The maximum absolute atomic E-state index is 1.80. The predicted octanol–water partition coefficient (Wildman–Crippen LogP) is 14.0. The fourth-order valence-corrected chi connectivity index (χ4v) is 32.9. The van der Waals surface area contributed by atoms with Crippen LogP contribution in [0.25, 0.3) is 0 Å². The van der Waals surface area contributed by atoms with Gasteiger partial charge < -0.3 is 0 Å². The fourth-order valence-electron chi connectivity index (χ4n) is 21.9. The Balaban J connectivity index is 0.824. The van der Waals surface area contributed by atoms with E-state index in [0.29, 0.717) is 0 Å². The van der Waals surface area contributed by atoms with Gasteiger partial charge in [-0.3, -0.25) is 0 Å². The second-order valence-electron chi connectivity index (χ2n) is 24.9. The van der Waals surface area contributed by atoms with Crippen LogP contribution in [0.1, 0.15) is 186 Å². The normalized spacial score (nSPS) is 60.7. The molecule has 17 rings (SSSR count). The predicted molar refractivity (Wildman–Crippen MR) is 217 cm³/mol. The summed E-state index contributed by atoms with van der Waals surface area (Å²) in [5, 5.41) is 3.40. The first-order valence-corrected chi connectivity index (χ1v) is 27.5. The van der Waals surface area contributed by atoms with Crippen LogP contribution in [0.5, 0.6) is 0 Å². The third-order valence-corrected chi connectivity index (χ3v) is 29.8. The lowest BCUT2D eigenvalue weighted by Crippen LogP contribution is -2.57. The largest absolute Gasteiger partial charge is 0.0939 e. The van der Waals surface area contributed by atoms with Crippen molar-refractivity contribution in [3.8, 4) is 0 Å². The summed E-state index contributed by atoms with van der Waals surface area (Å²) in [6, 6.07) is 0. The molecule has 51 heavy (non-hydrogen) atoms. The lowest BCUT2D eigenvalue weighted by atomic mass is 9.55. The van der Waals surface area contributed by atoms with E-state index in [2.05, 4.69) is 0 Å². The molecule has 0 amide bonds. The van der Waals surface area contributed by atoms with Gasteiger partial charge in [0.2, 0.25) is 0 Å². The van der Waals surface area contributed by atoms with Crippen LogP contribution in [0.3, 0.4) is 0 Å². The molecule has 0 aromatic heterocycles. The SMILES string of the molecule is C1CCC(CP(C23CC4CC(CC(C4)C2)C3)C23CC4CC(CC(C4)C2)C3)C(CCP(C23CC4CC(CC(C4)C2)C3)C23CC4CC(CC(C4)C2)C3)C1. The van der Waals surface area contributed by atoms with Crippen molar-refractivity contribution < 1.29 is 0 Å². The fraction of sp³-hybridized carbons (Fsp3) is 1.00. The van der Waals surface area contributed by atoms with Gasteiger partial charge in [-0.05, 0) is 283 Å². The van der Waals surface area contributed by atoms with Crippen LogP contribution in [0.2, 0.25) is 0 Å². The molecule has 0 aromatic carbocycles. The van der Waals surface area contributed by atoms with Gasteiger partial charge in [0.15, 0.2) is 0 Å². The van der Waals surface area contributed by atoms with Crippen molar-refractivity contribution in [3.63, 3.8) is 0 Å². The maximum atomic E-state index is 1.80. The molecule has 17 saturated carbocycles. The van der Waals surface area contributed by atoms with Crippen LogP contribution in [-0.4, -0.2) is 32.9 Å². The van der Waals surface area contributed by atoms with Crippen molar-refractivity contribution in [3.05, 3.63) is 0 Å². The third-order valence-electron chi connectivity index (χ3n) is 21.5. The van der Waals surface area contributed by atoms with Crippen LogP contribution >= 0.6 is 15.8 Å². The molecule has 0 spiro atoms. The summed E-state index contributed by atoms with van der Waals surface area (Å²) < 4.78 is 0. The molecular weight excluding hydrogens is 650 g/mol. The van der Waals surface area contributed by atoms with Gasteiger partial charge >= 0.3 is 0 Å². The highest BCUT2D eigenvalue weighted by Gasteiger charge is 2.65. The van der Waals surface area contributed by atoms with Crippen molar-refractivity contribution in [1.82, 2.24) is 0 Å². The van der Waals surface area contributed by atoms with Crippen molar-refractivity contribution in [2.45, 2.75) is 207 Å². The molecule has 2 atom stereocenters. The zero-order valence-electron chi connectivity index (χ0n) is 32.9. The monoisotopic (exact) mass is 727 g/mol. The Bertz CT molecular complexity index is 1140. The van der Waals surface area contributed by atoms with Gasteiger partial charge in [0.1, 0.15) is 0 Å². The minimum absolute atomic E-state index is 0.176. The van der Waals surface area contributed by atoms with E-state index in [0.717, 1.165) is 103 Å². The highest BCUT2D eigenvalue weighted by atomic mass is 31.1. The molecule has 17 fully saturated rings. The molecule has 282 valence electrons. The lowest BCUT2D eigenvalue weighted by Gasteiger charge is -2.68. The molecule has 0 aliphatic heterocycles. The molecule has 0 aromatic rings. The van der Waals surface area contributed by atoms with Crippen LogP contribution in [0.15, 0.2) is 0 Å². The van der Waals surface area contributed by atoms with Crippen molar-refractivity contribution >= 4 is 15.8 Å². The molecule has 0 heterocycles. The quantitative estimate of drug-likeness (QED) is 0.208. The Morgan fingerprint density at radius 2 is 0.569 bits per heavy atom. The van der Waals surface area contributed by atoms with E-state index in [4.69, 9.17) is 0 Å². The third kappa shape index (κ3) is 5.20. The van der Waals surface area contributed by atoms with Gasteiger partial charge in [0.05, 0.1) is 0 Å². The first-order valence-electron chi connectivity index (χ1n) is 24.4. The Morgan fingerprint density at radius 1 is 0.314 bits per heavy atom. The second-order valence-corrected chi connectivity index (χ2v) is 31.2. The van der Waals surface area contributed by atoms with Crippen LogP contribution in [0.4, 0.5) is 0 Å². The van der Waals surface area contributed by atoms with Crippen molar-refractivity contribution in [1.29, 1.82) is 0 Å². The van der Waals surface area contributed by atoms with Crippen molar-refractivity contribution in [2.24, 2.45) is 82.9 Å². The number of hydrogen-bond acceptors (Lipinski definition) is 0. The van der Waals surface area contributed by atoms with E-state index < -0.39 is 0 Å². The first-order chi connectivity index (χ1) is 24.9. The molecule has 0 N–H and O–H groups in total. The topological polar surface area (TPSA) is 0 Å². The summed E-state index contributed by atoms with van der Waals surface area (Å²) in [5.41, 5.74) is 0. The minimum Gasteiger partial charge on any atom is -0.0939 e. The van der Waals surface area contributed by atoms with Crippen molar-refractivity contribution in [2.75, 3.05) is 12.3 Å². The molecule has 2 heteroatoms. The average Bonchev–Trinajstić information content (AvgIpc) is 3.05. The highest BCUT2D eigenvalue weighted by Crippen LogP contribution is 2.81. The molecule has 17 aliphatic rings. The summed E-state index contributed by atoms with van der Waals surface area (Å²) in [4.78, 5) is 0. The second kappa shape index (κ2) is 11.7. The Kier molecular flexibility index (Phi) is 7.56. The van der Waals surface area contributed by atoms with Gasteiger partial charge in [0, 0.05) is 0 Å². The summed E-state index contributed by atoms with van der Waals surface area (Å²) >= 11 is 0. The van der Waals surface area contributed by atoms with E-state index in [1.807, 2.05) is 0 Å². The summed E-state index contributed by atoms with van der Waals surface area (Å²) in [5.74, 6) is 16.1. The molecule has 0 nitrogen and oxygen atoms in total. The Hall–Kier alpha value is 0.860. The van der Waals surface area contributed by atoms with Gasteiger partial charge in [0.25, 0.3) is 0 Å². The van der Waals surface area contributed by atoms with Gasteiger partial charge in [-0.25, -0.2) is 0 Å². The van der Waals surface area contributed by atoms with E-state index in [1.54, 1.807) is 199 Å². The molecular formula is C49H76P2. The van der Waals surface area contributed by atoms with Crippen LogP contribution in [-0.2, 0) is 0 Å². The smallest absolute Gasteiger partial charge is 0.00814 e. The molecule has 2 unspecified atom stereocenters. The lowest BCUT2D eigenvalue weighted by molar-refractivity contribution is 0.0179. The number of rotatable bonds is 9. The Labute approximate surface area is 316 Å². The minimum atomic E-state index is 0.176. The Morgan fingerprint density at radius 3 is 0.863 bits per heavy atom. The van der Waals surface area contributed by atoms with Crippen LogP contribution < -0.4 is 0 Å². The zero-order valence-corrected chi connectivity index (χ0v) is 34.7. The molecule has 16 bridgehead atoms. The van der Waals surface area contributed by atoms with Crippen LogP contribution in [0, 0.1) is 82.9 Å². The van der Waals surface area contributed by atoms with E-state index >= 15 is 0 Å². The standard InChI is InChI=1S/C49H76P2/c1-2-4-45(31-51(48-25-38-13-39(26-48)15-40(14-38)27-48)49-28-41-16-42(29-49)18-43(17-41)30-49)44(3-1)5-6-50(46-19-32-7-33(20-46)9-34(8-32)21-46)47-22-35-10-36(23-47)12-37(11-35)24-47/h32-45H,1-31H2. The van der Waals surface area contributed by atoms with Gasteiger partial charge in [-0.15, -0.1) is 0 Å².